The maximum Gasteiger partial charge on any atom is 0.180 e. The molecule has 3 aromatic rings. The highest BCUT2D eigenvalue weighted by molar-refractivity contribution is 5.72. The second-order valence-corrected chi connectivity index (χ2v) is 4.14. The number of nitrogens with two attached hydrogens (primary N) is 1. The minimum Gasteiger partial charge on any atom is -0.497 e. The van der Waals surface area contributed by atoms with Crippen molar-refractivity contribution in [2.75, 3.05) is 18.2 Å². The number of hydrogen-bond donors (Lipinski definition) is 2. The molecular weight excluding hydrogens is 261 g/mol. The number of anilines is 3. The smallest absolute Gasteiger partial charge is 0.180 e. The van der Waals surface area contributed by atoms with Crippen molar-refractivity contribution in [3.63, 3.8) is 0 Å². The summed E-state index contributed by atoms with van der Waals surface area (Å²) >= 11 is 0. The average molecular weight is 273 g/mol. The topological polar surface area (TPSA) is 77.5 Å². The molecule has 2 heterocycles. The Morgan fingerprint density at radius 2 is 2.25 bits per heavy atom. The molecule has 0 saturated carbocycles. The Bertz CT molecular complexity index is 771. The van der Waals surface area contributed by atoms with Crippen LogP contribution >= 0.6 is 0 Å². The predicted molar refractivity (Wildman–Crippen MR) is 73.6 cm³/mol. The Labute approximate surface area is 114 Å². The van der Waals surface area contributed by atoms with E-state index in [1.54, 1.807) is 35.1 Å². The van der Waals surface area contributed by atoms with E-state index in [0.717, 1.165) is 0 Å². The molecule has 0 aliphatic rings. The molecule has 7 heteroatoms. The molecule has 0 aliphatic carbocycles. The van der Waals surface area contributed by atoms with E-state index in [9.17, 15) is 4.39 Å². The first kappa shape index (κ1) is 12.2. The maximum atomic E-state index is 13.8. The number of benzene rings is 1. The molecule has 0 unspecified atom stereocenters. The van der Waals surface area contributed by atoms with Crippen LogP contribution < -0.4 is 15.8 Å². The number of nitrogen functional groups attached to an aromatic ring is 1. The van der Waals surface area contributed by atoms with E-state index in [0.29, 0.717) is 23.0 Å². The quantitative estimate of drug-likeness (QED) is 0.765. The molecular formula is C13H12FN5O. The number of nitrogens with zero attached hydrogens (tertiary/aromatic N) is 3. The van der Waals surface area contributed by atoms with Gasteiger partial charge in [0.15, 0.2) is 11.5 Å². The number of hydrogen-bond acceptors (Lipinski definition) is 5. The Morgan fingerprint density at radius 1 is 1.40 bits per heavy atom. The summed E-state index contributed by atoms with van der Waals surface area (Å²) in [6.45, 7) is 0. The van der Waals surface area contributed by atoms with Crippen molar-refractivity contribution in [1.29, 1.82) is 0 Å². The third-order valence-electron chi connectivity index (χ3n) is 2.82. The number of imidazole rings is 1. The summed E-state index contributed by atoms with van der Waals surface area (Å²) in [5, 5.41) is 2.89. The van der Waals surface area contributed by atoms with E-state index in [-0.39, 0.29) is 5.69 Å². The molecule has 102 valence electrons. The van der Waals surface area contributed by atoms with Crippen molar-refractivity contribution in [2.45, 2.75) is 0 Å². The molecule has 0 spiro atoms. The molecule has 3 rings (SSSR count). The largest absolute Gasteiger partial charge is 0.497 e. The molecule has 0 fully saturated rings. The van der Waals surface area contributed by atoms with Crippen LogP contribution in [0.5, 0.6) is 5.75 Å². The van der Waals surface area contributed by atoms with Gasteiger partial charge in [0.1, 0.15) is 17.4 Å². The van der Waals surface area contributed by atoms with Crippen LogP contribution in [0.3, 0.4) is 0 Å². The van der Waals surface area contributed by atoms with Gasteiger partial charge in [-0.25, -0.2) is 14.4 Å². The molecule has 0 aliphatic heterocycles. The molecule has 6 nitrogen and oxygen atoms in total. The first-order valence-electron chi connectivity index (χ1n) is 5.87. The van der Waals surface area contributed by atoms with E-state index in [4.69, 9.17) is 10.5 Å². The normalized spacial score (nSPS) is 10.7. The average Bonchev–Trinajstić information content (AvgIpc) is 2.89. The van der Waals surface area contributed by atoms with Crippen LogP contribution in [-0.4, -0.2) is 21.5 Å². The molecule has 0 bridgehead atoms. The van der Waals surface area contributed by atoms with E-state index in [1.807, 2.05) is 0 Å². The van der Waals surface area contributed by atoms with Crippen LogP contribution in [0.25, 0.3) is 5.65 Å². The number of ether oxygens (including phenoxy) is 1. The number of methoxy groups -OCH3 is 1. The van der Waals surface area contributed by atoms with Crippen LogP contribution in [0, 0.1) is 5.82 Å². The van der Waals surface area contributed by atoms with Crippen molar-refractivity contribution in [1.82, 2.24) is 14.4 Å². The van der Waals surface area contributed by atoms with Crippen LogP contribution in [0.15, 0.2) is 36.8 Å². The van der Waals surface area contributed by atoms with Crippen molar-refractivity contribution < 1.29 is 9.13 Å². The van der Waals surface area contributed by atoms with Gasteiger partial charge in [0, 0.05) is 18.5 Å². The lowest BCUT2D eigenvalue weighted by molar-refractivity contribution is 0.414. The summed E-state index contributed by atoms with van der Waals surface area (Å²) in [4.78, 5) is 8.30. The Hall–Kier alpha value is -2.83. The van der Waals surface area contributed by atoms with E-state index in [1.165, 1.54) is 13.2 Å². The minimum absolute atomic E-state index is 0.243. The zero-order valence-electron chi connectivity index (χ0n) is 10.7. The monoisotopic (exact) mass is 273 g/mol. The van der Waals surface area contributed by atoms with Crippen LogP contribution in [-0.2, 0) is 0 Å². The SMILES string of the molecule is COc1ccc(F)c(Nc2nc(N)cn3ccnc23)c1. The zero-order valence-corrected chi connectivity index (χ0v) is 10.7. The highest BCUT2D eigenvalue weighted by atomic mass is 19.1. The van der Waals surface area contributed by atoms with Gasteiger partial charge >= 0.3 is 0 Å². The molecule has 0 radical (unpaired) electrons. The molecule has 0 atom stereocenters. The highest BCUT2D eigenvalue weighted by Gasteiger charge is 2.10. The number of halogens is 1. The van der Waals surface area contributed by atoms with Gasteiger partial charge in [-0.1, -0.05) is 0 Å². The predicted octanol–water partition coefficient (Wildman–Crippen LogP) is 2.20. The van der Waals surface area contributed by atoms with Crippen molar-refractivity contribution in [3.05, 3.63) is 42.6 Å². The van der Waals surface area contributed by atoms with Crippen LogP contribution in [0.1, 0.15) is 0 Å². The zero-order chi connectivity index (χ0) is 14.1. The number of nitrogens with one attached hydrogen (secondary N) is 1. The lowest BCUT2D eigenvalue weighted by Gasteiger charge is -2.10. The second kappa shape index (κ2) is 4.69. The van der Waals surface area contributed by atoms with E-state index < -0.39 is 5.82 Å². The molecule has 2 aromatic heterocycles. The van der Waals surface area contributed by atoms with Gasteiger partial charge in [0.2, 0.25) is 0 Å². The van der Waals surface area contributed by atoms with Crippen LogP contribution in [0.2, 0.25) is 0 Å². The minimum atomic E-state index is -0.417. The lowest BCUT2D eigenvalue weighted by Crippen LogP contribution is -2.03. The molecule has 0 amide bonds. The first-order valence-corrected chi connectivity index (χ1v) is 5.87. The van der Waals surface area contributed by atoms with Crippen molar-refractivity contribution in [2.24, 2.45) is 0 Å². The summed E-state index contributed by atoms with van der Waals surface area (Å²) in [5.41, 5.74) is 6.51. The number of rotatable bonds is 3. The summed E-state index contributed by atoms with van der Waals surface area (Å²) in [7, 11) is 1.52. The van der Waals surface area contributed by atoms with E-state index >= 15 is 0 Å². The summed E-state index contributed by atoms with van der Waals surface area (Å²) in [5.74, 6) is 0.806. The van der Waals surface area contributed by atoms with Gasteiger partial charge in [-0.05, 0) is 12.1 Å². The van der Waals surface area contributed by atoms with Gasteiger partial charge < -0.3 is 20.2 Å². The maximum absolute atomic E-state index is 13.8. The fourth-order valence-electron chi connectivity index (χ4n) is 1.89. The van der Waals surface area contributed by atoms with E-state index in [2.05, 4.69) is 15.3 Å². The Morgan fingerprint density at radius 3 is 3.05 bits per heavy atom. The van der Waals surface area contributed by atoms with Gasteiger partial charge in [-0.2, -0.15) is 0 Å². The van der Waals surface area contributed by atoms with Gasteiger partial charge in [0.25, 0.3) is 0 Å². The molecule has 3 N–H and O–H groups in total. The highest BCUT2D eigenvalue weighted by Crippen LogP contribution is 2.26. The Balaban J connectivity index is 2.07. The summed E-state index contributed by atoms with van der Waals surface area (Å²) < 4.78 is 20.6. The second-order valence-electron chi connectivity index (χ2n) is 4.14. The summed E-state index contributed by atoms with van der Waals surface area (Å²) in [6.07, 6.45) is 4.99. The van der Waals surface area contributed by atoms with Gasteiger partial charge in [0.05, 0.1) is 19.0 Å². The molecule has 20 heavy (non-hydrogen) atoms. The fourth-order valence-corrected chi connectivity index (χ4v) is 1.89. The Kier molecular flexibility index (Phi) is 2.86. The number of aromatic nitrogens is 3. The van der Waals surface area contributed by atoms with Gasteiger partial charge in [-0.3, -0.25) is 0 Å². The number of fused-ring (bicyclic) bond motifs is 1. The van der Waals surface area contributed by atoms with Crippen molar-refractivity contribution >= 4 is 23.0 Å². The molecule has 1 aromatic carbocycles. The van der Waals surface area contributed by atoms with Gasteiger partial charge in [-0.15, -0.1) is 0 Å². The van der Waals surface area contributed by atoms with Crippen LogP contribution in [0.4, 0.5) is 21.7 Å². The summed E-state index contributed by atoms with van der Waals surface area (Å²) in [6, 6.07) is 4.40. The lowest BCUT2D eigenvalue weighted by atomic mass is 10.3. The molecule has 0 saturated heterocycles. The first-order chi connectivity index (χ1) is 9.67. The van der Waals surface area contributed by atoms with Crippen molar-refractivity contribution in [3.8, 4) is 5.75 Å². The third kappa shape index (κ3) is 2.09. The third-order valence-corrected chi connectivity index (χ3v) is 2.82. The fraction of sp³-hybridized carbons (Fsp3) is 0.0769. The standard InChI is InChI=1S/C13H12FN5O/c1-20-8-2-3-9(14)10(6-8)17-12-13-16-4-5-19(13)7-11(15)18-12/h2-7H,15H2,1H3,(H,17,18).